The maximum absolute atomic E-state index is 11.7. The van der Waals surface area contributed by atoms with Gasteiger partial charge in [0.25, 0.3) is 0 Å². The van der Waals surface area contributed by atoms with Gasteiger partial charge in [0.15, 0.2) is 0 Å². The Morgan fingerprint density at radius 3 is 2.19 bits per heavy atom. The Morgan fingerprint density at radius 1 is 1.00 bits per heavy atom. The predicted octanol–water partition coefficient (Wildman–Crippen LogP) is 0.0157. The van der Waals surface area contributed by atoms with Gasteiger partial charge in [-0.25, -0.2) is 9.59 Å². The molecule has 2 heterocycles. The van der Waals surface area contributed by atoms with Gasteiger partial charge >= 0.3 is 12.1 Å². The van der Waals surface area contributed by atoms with Gasteiger partial charge < -0.3 is 20.4 Å². The van der Waals surface area contributed by atoms with Crippen LogP contribution in [0.4, 0.5) is 9.59 Å². The Balaban J connectivity index is 2.29. The third kappa shape index (κ3) is 1.40. The summed E-state index contributed by atoms with van der Waals surface area (Å²) < 4.78 is 0. The fourth-order valence-corrected chi connectivity index (χ4v) is 2.60. The summed E-state index contributed by atoms with van der Waals surface area (Å²) in [5, 5.41) is 5.76. The van der Waals surface area contributed by atoms with Crippen LogP contribution >= 0.6 is 0 Å². The minimum absolute atomic E-state index is 0.0618. The van der Waals surface area contributed by atoms with E-state index in [0.717, 1.165) is 0 Å². The van der Waals surface area contributed by atoms with Crippen molar-refractivity contribution in [2.24, 2.45) is 5.92 Å². The van der Waals surface area contributed by atoms with Crippen LogP contribution in [-0.4, -0.2) is 54.2 Å². The van der Waals surface area contributed by atoms with E-state index < -0.39 is 0 Å². The van der Waals surface area contributed by atoms with Crippen molar-refractivity contribution in [3.63, 3.8) is 0 Å². The molecule has 0 spiro atoms. The number of hydrogen-bond donors (Lipinski definition) is 2. The molecule has 2 fully saturated rings. The highest BCUT2D eigenvalue weighted by molar-refractivity contribution is 5.80. The maximum Gasteiger partial charge on any atom is 0.319 e. The average Bonchev–Trinajstić information content (AvgIpc) is 2.22. The van der Waals surface area contributed by atoms with E-state index in [2.05, 4.69) is 10.6 Å². The van der Waals surface area contributed by atoms with Crippen LogP contribution in [0.1, 0.15) is 13.8 Å². The minimum Gasteiger partial charge on any atom is -0.335 e. The van der Waals surface area contributed by atoms with Crippen LogP contribution in [-0.2, 0) is 0 Å². The van der Waals surface area contributed by atoms with Crippen LogP contribution in [0.15, 0.2) is 0 Å². The smallest absolute Gasteiger partial charge is 0.319 e. The van der Waals surface area contributed by atoms with Gasteiger partial charge in [-0.2, -0.15) is 0 Å². The molecule has 0 saturated carbocycles. The lowest BCUT2D eigenvalue weighted by molar-refractivity contribution is 0.0318. The van der Waals surface area contributed by atoms with E-state index in [0.29, 0.717) is 0 Å². The van der Waals surface area contributed by atoms with Crippen LogP contribution in [0.5, 0.6) is 0 Å². The molecule has 6 nitrogen and oxygen atoms in total. The first-order valence-corrected chi connectivity index (χ1v) is 5.50. The average molecular weight is 226 g/mol. The highest BCUT2D eigenvalue weighted by atomic mass is 16.2. The summed E-state index contributed by atoms with van der Waals surface area (Å²) in [6.07, 6.45) is -0.206. The lowest BCUT2D eigenvalue weighted by atomic mass is 9.86. The Labute approximate surface area is 95.0 Å². The van der Waals surface area contributed by atoms with Gasteiger partial charge in [0.2, 0.25) is 0 Å². The summed E-state index contributed by atoms with van der Waals surface area (Å²) in [5.41, 5.74) is 0. The third-order valence-corrected chi connectivity index (χ3v) is 3.79. The molecule has 2 rings (SSSR count). The van der Waals surface area contributed by atoms with Crippen molar-refractivity contribution in [3.8, 4) is 0 Å². The van der Waals surface area contributed by atoms with Crippen LogP contribution in [0.2, 0.25) is 0 Å². The molecule has 0 aliphatic carbocycles. The molecule has 0 aromatic carbocycles. The summed E-state index contributed by atoms with van der Waals surface area (Å²) in [4.78, 5) is 26.5. The normalized spacial score (nSPS) is 39.0. The molecule has 4 atom stereocenters. The highest BCUT2D eigenvalue weighted by Crippen LogP contribution is 2.27. The molecule has 0 radical (unpaired) electrons. The van der Waals surface area contributed by atoms with Crippen LogP contribution in [0.25, 0.3) is 0 Å². The number of rotatable bonds is 0. The van der Waals surface area contributed by atoms with Gasteiger partial charge in [-0.1, -0.05) is 0 Å². The molecule has 2 saturated heterocycles. The topological polar surface area (TPSA) is 64.7 Å². The summed E-state index contributed by atoms with van der Waals surface area (Å²) in [5.74, 6) is 0.199. The minimum atomic E-state index is -0.206. The van der Waals surface area contributed by atoms with E-state index in [1.165, 1.54) is 0 Å². The van der Waals surface area contributed by atoms with E-state index in [1.54, 1.807) is 23.9 Å². The van der Waals surface area contributed by atoms with Crippen LogP contribution < -0.4 is 10.6 Å². The highest BCUT2D eigenvalue weighted by Gasteiger charge is 2.47. The van der Waals surface area contributed by atoms with Crippen molar-refractivity contribution in [1.82, 2.24) is 20.4 Å². The molecule has 16 heavy (non-hydrogen) atoms. The molecule has 2 aliphatic rings. The first-order chi connectivity index (χ1) is 7.43. The molecule has 0 aromatic rings. The van der Waals surface area contributed by atoms with Gasteiger partial charge in [-0.15, -0.1) is 0 Å². The number of nitrogens with one attached hydrogen (secondary N) is 2. The van der Waals surface area contributed by atoms with Crippen LogP contribution in [0, 0.1) is 5.92 Å². The second kappa shape index (κ2) is 3.54. The SMILES string of the molecule is C[C@@H]1NC(=O)N(C)[C@H]2NC(=O)N(C)[C@@H](C)[C@H]12. The van der Waals surface area contributed by atoms with Crippen molar-refractivity contribution in [2.45, 2.75) is 32.1 Å². The predicted molar refractivity (Wildman–Crippen MR) is 58.8 cm³/mol. The summed E-state index contributed by atoms with van der Waals surface area (Å²) >= 11 is 0. The Bertz CT molecular complexity index is 333. The first-order valence-electron chi connectivity index (χ1n) is 5.50. The largest absolute Gasteiger partial charge is 0.335 e. The summed E-state index contributed by atoms with van der Waals surface area (Å²) in [7, 11) is 3.48. The Hall–Kier alpha value is -1.46. The molecular weight excluding hydrogens is 208 g/mol. The molecule has 6 heteroatoms. The first kappa shape index (κ1) is 11.0. The van der Waals surface area contributed by atoms with E-state index in [9.17, 15) is 9.59 Å². The number of carbonyl (C=O) groups excluding carboxylic acids is 2. The number of fused-ring (bicyclic) bond motifs is 1. The Morgan fingerprint density at radius 2 is 1.56 bits per heavy atom. The van der Waals surface area contributed by atoms with E-state index in [4.69, 9.17) is 0 Å². The molecule has 0 bridgehead atoms. The molecule has 2 N–H and O–H groups in total. The molecule has 0 unspecified atom stereocenters. The van der Waals surface area contributed by atoms with Gasteiger partial charge in [0, 0.05) is 32.1 Å². The maximum atomic E-state index is 11.7. The molecular formula is C10H18N4O2. The zero-order valence-electron chi connectivity index (χ0n) is 10.0. The summed E-state index contributed by atoms with van der Waals surface area (Å²) in [6.45, 7) is 3.99. The Kier molecular flexibility index (Phi) is 2.44. The number of hydrogen-bond acceptors (Lipinski definition) is 2. The second-order valence-corrected chi connectivity index (χ2v) is 4.67. The molecule has 2 aliphatic heterocycles. The zero-order chi connectivity index (χ0) is 12.0. The van der Waals surface area contributed by atoms with Gasteiger partial charge in [-0.05, 0) is 13.8 Å². The van der Waals surface area contributed by atoms with Gasteiger partial charge in [0.05, 0.1) is 0 Å². The van der Waals surface area contributed by atoms with E-state index >= 15 is 0 Å². The fourth-order valence-electron chi connectivity index (χ4n) is 2.60. The lowest BCUT2D eigenvalue weighted by Gasteiger charge is -2.51. The van der Waals surface area contributed by atoms with Crippen molar-refractivity contribution < 1.29 is 9.59 Å². The second-order valence-electron chi connectivity index (χ2n) is 4.67. The van der Waals surface area contributed by atoms with Gasteiger partial charge in [-0.3, -0.25) is 0 Å². The standard InChI is InChI=1S/C10H18N4O2/c1-5-7-6(2)13(3)10(16)12-8(7)14(4)9(15)11-5/h5-8H,1-4H3,(H,11,15)(H,12,16)/t5-,6-,7-,8+/m0/s1. The third-order valence-electron chi connectivity index (χ3n) is 3.79. The van der Waals surface area contributed by atoms with Crippen molar-refractivity contribution in [2.75, 3.05) is 14.1 Å². The number of nitrogens with zero attached hydrogens (tertiary/aromatic N) is 2. The van der Waals surface area contributed by atoms with E-state index in [1.807, 2.05) is 13.8 Å². The number of amides is 4. The molecule has 4 amide bonds. The lowest BCUT2D eigenvalue weighted by Crippen LogP contribution is -2.73. The number of urea groups is 2. The number of carbonyl (C=O) groups is 2. The fraction of sp³-hybridized carbons (Fsp3) is 0.800. The van der Waals surface area contributed by atoms with Crippen molar-refractivity contribution in [3.05, 3.63) is 0 Å². The van der Waals surface area contributed by atoms with Crippen LogP contribution in [0.3, 0.4) is 0 Å². The van der Waals surface area contributed by atoms with E-state index in [-0.39, 0.29) is 36.2 Å². The van der Waals surface area contributed by atoms with Gasteiger partial charge in [0.1, 0.15) is 6.17 Å². The quantitative estimate of drug-likeness (QED) is 0.611. The van der Waals surface area contributed by atoms with Crippen molar-refractivity contribution in [1.29, 1.82) is 0 Å². The zero-order valence-corrected chi connectivity index (χ0v) is 10.0. The van der Waals surface area contributed by atoms with Crippen molar-refractivity contribution >= 4 is 12.1 Å². The molecule has 0 aromatic heterocycles. The summed E-state index contributed by atoms with van der Waals surface area (Å²) in [6, 6.07) is -0.0862. The monoisotopic (exact) mass is 226 g/mol. The molecule has 90 valence electrons.